The van der Waals surface area contributed by atoms with E-state index in [0.717, 1.165) is 38.6 Å². The molecule has 0 bridgehead atoms. The van der Waals surface area contributed by atoms with E-state index in [1.165, 1.54) is 44.4 Å². The van der Waals surface area contributed by atoms with Gasteiger partial charge < -0.3 is 20.6 Å². The van der Waals surface area contributed by atoms with Crippen molar-refractivity contribution < 1.29 is 29.7 Å². The highest BCUT2D eigenvalue weighted by molar-refractivity contribution is 5.85. The van der Waals surface area contributed by atoms with E-state index in [1.807, 2.05) is 0 Å². The number of carbonyl (C=O) groups excluding carboxylic acids is 2. The molecule has 1 aliphatic rings. The Hall–Kier alpha value is -2.15. The second kappa shape index (κ2) is 24.9. The van der Waals surface area contributed by atoms with Crippen LogP contribution in [0.2, 0.25) is 0 Å². The number of carbonyl (C=O) groups is 1. The summed E-state index contributed by atoms with van der Waals surface area (Å²) in [6, 6.07) is 0.601. The number of aliphatic hydroxyl groups is 2. The molecule has 0 aromatic rings. The largest absolute Gasteiger partial charge is 0.478 e. The molecule has 4 N–H and O–H groups in total. The molecule has 1 aliphatic heterocycles. The number of nitrogens with zero attached hydrogens (tertiary/aromatic N) is 2. The topological polar surface area (TPSA) is 149 Å². The summed E-state index contributed by atoms with van der Waals surface area (Å²) in [5.41, 5.74) is 0.282. The van der Waals surface area contributed by atoms with Crippen LogP contribution in [0.4, 0.5) is 0 Å². The molecular formula is C21H37N3O6. The first-order chi connectivity index (χ1) is 14.5. The van der Waals surface area contributed by atoms with Gasteiger partial charge >= 0.3 is 5.97 Å². The maximum atomic E-state index is 10.1. The van der Waals surface area contributed by atoms with Gasteiger partial charge in [-0.15, -0.1) is 0 Å². The minimum atomic E-state index is -0.927. The fraction of sp³-hybridized carbons (Fsp3) is 0.762. The molecule has 1 heterocycles. The van der Waals surface area contributed by atoms with Crippen molar-refractivity contribution in [3.05, 3.63) is 11.6 Å². The van der Waals surface area contributed by atoms with Gasteiger partial charge in [0.05, 0.1) is 13.1 Å². The number of rotatable bonds is 12. The maximum absolute atomic E-state index is 10.1. The third-order valence-electron chi connectivity index (χ3n) is 4.23. The molecule has 30 heavy (non-hydrogen) atoms. The molecule has 0 aromatic heterocycles. The van der Waals surface area contributed by atoms with Crippen LogP contribution in [0.3, 0.4) is 0 Å². The van der Waals surface area contributed by atoms with E-state index in [9.17, 15) is 14.4 Å². The minimum Gasteiger partial charge on any atom is -0.478 e. The molecular weight excluding hydrogens is 390 g/mol. The molecule has 0 aromatic carbocycles. The number of piperidine rings is 1. The standard InChI is InChI=1S/C8H12N2O2.C7H15NO.C6H10O3/c11-7-9-5-3-1-2-4-6-10-8-12;9-6-4-7-3-1-2-5-8-7;1-5(6(8)9)3-2-4-7/h1-6H2;7-9H,1-6H2;3,7H,2,4H2,1H3,(H,8,9)/b;;5-3+. The fourth-order valence-electron chi connectivity index (χ4n) is 2.52. The predicted molar refractivity (Wildman–Crippen MR) is 115 cm³/mol. The van der Waals surface area contributed by atoms with Crippen LogP contribution >= 0.6 is 0 Å². The van der Waals surface area contributed by atoms with Crippen molar-refractivity contribution in [1.29, 1.82) is 0 Å². The number of aliphatic imine (C=N–C) groups is 2. The van der Waals surface area contributed by atoms with Crippen molar-refractivity contribution in [3.63, 3.8) is 0 Å². The molecule has 1 rings (SSSR count). The quantitative estimate of drug-likeness (QED) is 0.161. The highest BCUT2D eigenvalue weighted by Crippen LogP contribution is 2.08. The molecule has 0 spiro atoms. The second-order valence-corrected chi connectivity index (χ2v) is 6.72. The second-order valence-electron chi connectivity index (χ2n) is 6.72. The van der Waals surface area contributed by atoms with Gasteiger partial charge in [-0.05, 0) is 52.0 Å². The van der Waals surface area contributed by atoms with Crippen molar-refractivity contribution >= 4 is 18.1 Å². The van der Waals surface area contributed by atoms with E-state index >= 15 is 0 Å². The fourth-order valence-corrected chi connectivity index (χ4v) is 2.52. The van der Waals surface area contributed by atoms with Crippen molar-refractivity contribution in [1.82, 2.24) is 5.32 Å². The average Bonchev–Trinajstić information content (AvgIpc) is 2.76. The Kier molecular flexibility index (Phi) is 24.9. The van der Waals surface area contributed by atoms with Crippen LogP contribution in [-0.4, -0.2) is 72.3 Å². The Labute approximate surface area is 179 Å². The molecule has 0 saturated carbocycles. The molecule has 0 amide bonds. The zero-order valence-electron chi connectivity index (χ0n) is 18.0. The molecule has 172 valence electrons. The van der Waals surface area contributed by atoms with Crippen LogP contribution in [0.15, 0.2) is 21.6 Å². The first kappa shape index (κ1) is 30.0. The van der Waals surface area contributed by atoms with Crippen LogP contribution < -0.4 is 5.32 Å². The first-order valence-corrected chi connectivity index (χ1v) is 10.5. The summed E-state index contributed by atoms with van der Waals surface area (Å²) < 4.78 is 0. The van der Waals surface area contributed by atoms with Gasteiger partial charge in [-0.1, -0.05) is 25.3 Å². The van der Waals surface area contributed by atoms with E-state index in [4.69, 9.17) is 15.3 Å². The number of isocyanates is 2. The van der Waals surface area contributed by atoms with E-state index in [0.29, 0.717) is 32.2 Å². The Balaban J connectivity index is 0. The summed E-state index contributed by atoms with van der Waals surface area (Å²) in [7, 11) is 0. The molecule has 1 atom stereocenters. The van der Waals surface area contributed by atoms with Gasteiger partial charge in [0.2, 0.25) is 12.2 Å². The van der Waals surface area contributed by atoms with Gasteiger partial charge in [-0.3, -0.25) is 0 Å². The zero-order valence-corrected chi connectivity index (χ0v) is 18.0. The number of carboxylic acid groups (broad SMARTS) is 1. The van der Waals surface area contributed by atoms with Crippen LogP contribution in [0.5, 0.6) is 0 Å². The van der Waals surface area contributed by atoms with Gasteiger partial charge in [0.1, 0.15) is 0 Å². The molecule has 1 saturated heterocycles. The third kappa shape index (κ3) is 23.9. The summed E-state index contributed by atoms with van der Waals surface area (Å²) in [6.45, 7) is 4.09. The number of hydrogen-bond acceptors (Lipinski definition) is 8. The van der Waals surface area contributed by atoms with Gasteiger partial charge in [-0.2, -0.15) is 0 Å². The summed E-state index contributed by atoms with van der Waals surface area (Å²) in [5.74, 6) is -0.927. The Morgan fingerprint density at radius 3 is 2.03 bits per heavy atom. The zero-order chi connectivity index (χ0) is 22.9. The van der Waals surface area contributed by atoms with Gasteiger partial charge in [-0.25, -0.2) is 24.4 Å². The van der Waals surface area contributed by atoms with E-state index in [2.05, 4.69) is 15.3 Å². The van der Waals surface area contributed by atoms with Crippen molar-refractivity contribution in [2.24, 2.45) is 9.98 Å². The Morgan fingerprint density at radius 2 is 1.63 bits per heavy atom. The number of unbranched alkanes of at least 4 members (excludes halogenated alkanes) is 3. The first-order valence-electron chi connectivity index (χ1n) is 10.5. The van der Waals surface area contributed by atoms with Gasteiger partial charge in [0, 0.05) is 24.8 Å². The van der Waals surface area contributed by atoms with Gasteiger partial charge in [0.15, 0.2) is 0 Å². The van der Waals surface area contributed by atoms with Crippen molar-refractivity contribution in [2.45, 2.75) is 70.8 Å². The minimum absolute atomic E-state index is 0.00458. The van der Waals surface area contributed by atoms with E-state index < -0.39 is 5.97 Å². The molecule has 9 nitrogen and oxygen atoms in total. The lowest BCUT2D eigenvalue weighted by Gasteiger charge is -2.22. The molecule has 1 unspecified atom stereocenters. The number of hydrogen-bond donors (Lipinski definition) is 4. The summed E-state index contributed by atoms with van der Waals surface area (Å²) in [6.07, 6.45) is 13.5. The SMILES string of the molecule is C/C(=C\CCO)C(=O)O.O=C=NCCCCCCN=C=O.OCCC1CCCCN1. The summed E-state index contributed by atoms with van der Waals surface area (Å²) >= 11 is 0. The predicted octanol–water partition coefficient (Wildman–Crippen LogP) is 2.13. The van der Waals surface area contributed by atoms with Crippen LogP contribution in [0.1, 0.15) is 64.7 Å². The van der Waals surface area contributed by atoms with Crippen LogP contribution in [-0.2, 0) is 14.4 Å². The maximum Gasteiger partial charge on any atom is 0.330 e. The number of carboxylic acids is 1. The average molecular weight is 428 g/mol. The van der Waals surface area contributed by atoms with E-state index in [-0.39, 0.29) is 12.2 Å². The van der Waals surface area contributed by atoms with Crippen LogP contribution in [0, 0.1) is 0 Å². The molecule has 0 aliphatic carbocycles. The lowest BCUT2D eigenvalue weighted by atomic mass is 10.0. The number of aliphatic hydroxyl groups excluding tert-OH is 2. The summed E-state index contributed by atoms with van der Waals surface area (Å²) in [4.78, 5) is 36.1. The third-order valence-corrected chi connectivity index (χ3v) is 4.23. The van der Waals surface area contributed by atoms with Crippen LogP contribution in [0.25, 0.3) is 0 Å². The molecule has 1 fully saturated rings. The Morgan fingerprint density at radius 1 is 1.03 bits per heavy atom. The Bertz CT molecular complexity index is 510. The smallest absolute Gasteiger partial charge is 0.330 e. The summed E-state index contributed by atoms with van der Waals surface area (Å²) in [5, 5.41) is 28.5. The number of aliphatic carboxylic acids is 1. The molecule has 9 heteroatoms. The molecule has 0 radical (unpaired) electrons. The van der Waals surface area contributed by atoms with Gasteiger partial charge in [0.25, 0.3) is 0 Å². The lowest BCUT2D eigenvalue weighted by molar-refractivity contribution is -0.132. The highest BCUT2D eigenvalue weighted by Gasteiger charge is 2.10. The van der Waals surface area contributed by atoms with Crippen molar-refractivity contribution in [3.8, 4) is 0 Å². The lowest BCUT2D eigenvalue weighted by Crippen LogP contribution is -2.34. The normalized spacial score (nSPS) is 15.3. The monoisotopic (exact) mass is 427 g/mol. The number of nitrogens with one attached hydrogen (secondary N) is 1. The van der Waals surface area contributed by atoms with Crippen molar-refractivity contribution in [2.75, 3.05) is 32.8 Å². The highest BCUT2D eigenvalue weighted by atomic mass is 16.4. The van der Waals surface area contributed by atoms with E-state index in [1.54, 1.807) is 0 Å².